The van der Waals surface area contributed by atoms with Crippen LogP contribution in [0.15, 0.2) is 58.3 Å². The Hall–Kier alpha value is -1.26. The van der Waals surface area contributed by atoms with E-state index in [1.165, 1.54) is 0 Å². The fraction of sp³-hybridized carbons (Fsp3) is 0.294. The molecule has 0 N–H and O–H groups in total. The van der Waals surface area contributed by atoms with E-state index in [2.05, 4.69) is 12.6 Å². The van der Waals surface area contributed by atoms with Gasteiger partial charge in [-0.15, -0.1) is 12.6 Å². The fourth-order valence-electron chi connectivity index (χ4n) is 2.24. The molecule has 0 amide bonds. The molecule has 2 nitrogen and oxygen atoms in total. The summed E-state index contributed by atoms with van der Waals surface area (Å²) in [6.45, 7) is 5.49. The van der Waals surface area contributed by atoms with E-state index in [-0.39, 0.29) is 0 Å². The van der Waals surface area contributed by atoms with E-state index in [9.17, 15) is 8.42 Å². The largest absolute Gasteiger partial charge is 0.223 e. The van der Waals surface area contributed by atoms with Crippen LogP contribution in [0.25, 0.3) is 0 Å². The van der Waals surface area contributed by atoms with Crippen molar-refractivity contribution < 1.29 is 8.42 Å². The molecule has 4 heteroatoms. The third-order valence-electron chi connectivity index (χ3n) is 3.62. The number of aryl methyl sites for hydroxylation is 1. The van der Waals surface area contributed by atoms with Gasteiger partial charge in [0.15, 0.2) is 9.84 Å². The second-order valence-electron chi connectivity index (χ2n) is 5.92. The Balaban J connectivity index is 2.33. The molecule has 0 spiro atoms. The zero-order valence-corrected chi connectivity index (χ0v) is 14.2. The van der Waals surface area contributed by atoms with Crippen molar-refractivity contribution >= 4 is 22.5 Å². The zero-order chi connectivity index (χ0) is 15.7. The normalized spacial score (nSPS) is 12.4. The van der Waals surface area contributed by atoms with Gasteiger partial charge >= 0.3 is 0 Å². The number of hydrogen-bond donors (Lipinski definition) is 1. The highest BCUT2D eigenvalue weighted by atomic mass is 32.2. The van der Waals surface area contributed by atoms with Crippen LogP contribution in [0.2, 0.25) is 0 Å². The second kappa shape index (κ2) is 5.85. The van der Waals surface area contributed by atoms with E-state index >= 15 is 0 Å². The van der Waals surface area contributed by atoms with Crippen molar-refractivity contribution in [1.82, 2.24) is 0 Å². The quantitative estimate of drug-likeness (QED) is 0.861. The maximum Gasteiger partial charge on any atom is 0.183 e. The topological polar surface area (TPSA) is 34.1 Å². The van der Waals surface area contributed by atoms with Crippen molar-refractivity contribution in [2.24, 2.45) is 0 Å². The number of sulfone groups is 1. The minimum absolute atomic E-state index is 0.379. The summed E-state index contributed by atoms with van der Waals surface area (Å²) in [5, 5.41) is 0. The summed E-state index contributed by atoms with van der Waals surface area (Å²) in [6.07, 6.45) is 0.470. The third-order valence-corrected chi connectivity index (χ3v) is 6.42. The van der Waals surface area contributed by atoms with Crippen LogP contribution >= 0.6 is 12.6 Å². The SMILES string of the molecule is Cc1ccc(S(=O)(=O)C(C)(C)Cc2ccc(S)cc2)cc1. The molecule has 0 unspecified atom stereocenters. The van der Waals surface area contributed by atoms with Crippen LogP contribution in [0.4, 0.5) is 0 Å². The van der Waals surface area contributed by atoms with Crippen LogP contribution < -0.4 is 0 Å². The van der Waals surface area contributed by atoms with Gasteiger partial charge in [0.2, 0.25) is 0 Å². The molecule has 21 heavy (non-hydrogen) atoms. The molecule has 112 valence electrons. The molecule has 0 bridgehead atoms. The van der Waals surface area contributed by atoms with Crippen LogP contribution in [-0.4, -0.2) is 13.2 Å². The van der Waals surface area contributed by atoms with Crippen molar-refractivity contribution in [2.75, 3.05) is 0 Å². The van der Waals surface area contributed by atoms with E-state index < -0.39 is 14.6 Å². The Labute approximate surface area is 132 Å². The van der Waals surface area contributed by atoms with Crippen LogP contribution in [0.5, 0.6) is 0 Å². The minimum atomic E-state index is -3.38. The number of thiol groups is 1. The molecule has 0 aliphatic heterocycles. The lowest BCUT2D eigenvalue weighted by Crippen LogP contribution is -2.34. The molecule has 0 aliphatic rings. The highest BCUT2D eigenvalue weighted by molar-refractivity contribution is 7.92. The zero-order valence-electron chi connectivity index (χ0n) is 12.5. The van der Waals surface area contributed by atoms with Crippen molar-refractivity contribution in [3.8, 4) is 0 Å². The van der Waals surface area contributed by atoms with E-state index in [0.29, 0.717) is 11.3 Å². The Morgan fingerprint density at radius 1 is 0.952 bits per heavy atom. The van der Waals surface area contributed by atoms with Gasteiger partial charge < -0.3 is 0 Å². The molecule has 2 rings (SSSR count). The van der Waals surface area contributed by atoms with Gasteiger partial charge in [0.1, 0.15) is 0 Å². The van der Waals surface area contributed by atoms with Crippen molar-refractivity contribution in [2.45, 2.75) is 41.7 Å². The summed E-state index contributed by atoms with van der Waals surface area (Å²) in [7, 11) is -3.38. The number of rotatable bonds is 4. The fourth-order valence-corrected chi connectivity index (χ4v) is 3.88. The molecule has 0 atom stereocenters. The van der Waals surface area contributed by atoms with Gasteiger partial charge in [-0.25, -0.2) is 8.42 Å². The summed E-state index contributed by atoms with van der Waals surface area (Å²) in [4.78, 5) is 1.25. The van der Waals surface area contributed by atoms with Crippen molar-refractivity contribution in [3.05, 3.63) is 59.7 Å². The summed E-state index contributed by atoms with van der Waals surface area (Å²) in [6, 6.07) is 14.6. The maximum absolute atomic E-state index is 12.8. The Morgan fingerprint density at radius 3 is 2.00 bits per heavy atom. The van der Waals surface area contributed by atoms with Gasteiger partial charge in [0.25, 0.3) is 0 Å². The Morgan fingerprint density at radius 2 is 1.48 bits per heavy atom. The van der Waals surface area contributed by atoms with Gasteiger partial charge in [0.05, 0.1) is 9.64 Å². The second-order valence-corrected chi connectivity index (χ2v) is 9.02. The highest BCUT2D eigenvalue weighted by Crippen LogP contribution is 2.29. The summed E-state index contributed by atoms with van der Waals surface area (Å²) in [5.74, 6) is 0. The molecule has 0 aliphatic carbocycles. The van der Waals surface area contributed by atoms with Crippen LogP contribution in [0.1, 0.15) is 25.0 Å². The Bertz CT molecular complexity index is 712. The van der Waals surface area contributed by atoms with E-state index in [0.717, 1.165) is 16.0 Å². The first-order valence-electron chi connectivity index (χ1n) is 6.82. The summed E-state index contributed by atoms with van der Waals surface area (Å²) in [5.41, 5.74) is 2.05. The lowest BCUT2D eigenvalue weighted by Gasteiger charge is -2.25. The van der Waals surface area contributed by atoms with Gasteiger partial charge in [-0.3, -0.25) is 0 Å². The first kappa shape index (κ1) is 16.1. The predicted molar refractivity (Wildman–Crippen MR) is 89.8 cm³/mol. The van der Waals surface area contributed by atoms with Crippen LogP contribution in [0.3, 0.4) is 0 Å². The minimum Gasteiger partial charge on any atom is -0.223 e. The standard InChI is InChI=1S/C17H20O2S2/c1-13-4-10-16(11-5-13)21(18,19)17(2,3)12-14-6-8-15(20)9-7-14/h4-11,20H,12H2,1-3H3. The smallest absolute Gasteiger partial charge is 0.183 e. The first-order chi connectivity index (χ1) is 9.72. The molecular weight excluding hydrogens is 300 g/mol. The average Bonchev–Trinajstić information content (AvgIpc) is 2.41. The average molecular weight is 320 g/mol. The summed E-state index contributed by atoms with van der Waals surface area (Å²) < 4.78 is 24.8. The Kier molecular flexibility index (Phi) is 4.49. The highest BCUT2D eigenvalue weighted by Gasteiger charge is 2.35. The van der Waals surface area contributed by atoms with E-state index in [1.54, 1.807) is 26.0 Å². The molecule has 0 saturated carbocycles. The molecule has 0 saturated heterocycles. The molecule has 2 aromatic carbocycles. The lowest BCUT2D eigenvalue weighted by atomic mass is 10.0. The van der Waals surface area contributed by atoms with Crippen LogP contribution in [0, 0.1) is 6.92 Å². The molecular formula is C17H20O2S2. The third kappa shape index (κ3) is 3.50. The van der Waals surface area contributed by atoms with Crippen LogP contribution in [-0.2, 0) is 16.3 Å². The first-order valence-corrected chi connectivity index (χ1v) is 8.75. The monoisotopic (exact) mass is 320 g/mol. The molecule has 0 aromatic heterocycles. The van der Waals surface area contributed by atoms with Crippen molar-refractivity contribution in [1.29, 1.82) is 0 Å². The van der Waals surface area contributed by atoms with E-state index in [4.69, 9.17) is 0 Å². The molecule has 0 heterocycles. The molecule has 0 radical (unpaired) electrons. The molecule has 2 aromatic rings. The van der Waals surface area contributed by atoms with Gasteiger partial charge in [-0.05, 0) is 57.0 Å². The summed E-state index contributed by atoms with van der Waals surface area (Å²) >= 11 is 4.25. The van der Waals surface area contributed by atoms with Gasteiger partial charge in [0, 0.05) is 4.90 Å². The van der Waals surface area contributed by atoms with Crippen molar-refractivity contribution in [3.63, 3.8) is 0 Å². The number of hydrogen-bond acceptors (Lipinski definition) is 3. The molecule has 0 fully saturated rings. The predicted octanol–water partition coefficient (Wildman–Crippen LogP) is 4.08. The maximum atomic E-state index is 12.8. The van der Waals surface area contributed by atoms with E-state index in [1.807, 2.05) is 43.3 Å². The van der Waals surface area contributed by atoms with Gasteiger partial charge in [-0.1, -0.05) is 29.8 Å². The lowest BCUT2D eigenvalue weighted by molar-refractivity contribution is 0.544. The number of benzene rings is 2. The van der Waals surface area contributed by atoms with Gasteiger partial charge in [-0.2, -0.15) is 0 Å².